The second-order valence-electron chi connectivity index (χ2n) is 9.71. The topological polar surface area (TPSA) is 78.5 Å². The third-order valence-corrected chi connectivity index (χ3v) is 7.24. The Morgan fingerprint density at radius 1 is 1.00 bits per heavy atom. The number of nitrogens with one attached hydrogen (secondary N) is 2. The first-order valence-electron chi connectivity index (χ1n) is 11.4. The Hall–Kier alpha value is -2.99. The lowest BCUT2D eigenvalue weighted by Gasteiger charge is -2.30. The Morgan fingerprint density at radius 3 is 2.47 bits per heavy atom. The number of likely N-dealkylation sites (tertiary alicyclic amines) is 1. The lowest BCUT2D eigenvalue weighted by Crippen LogP contribution is -2.53. The maximum atomic E-state index is 13.7. The van der Waals surface area contributed by atoms with E-state index in [9.17, 15) is 14.4 Å². The molecule has 0 radical (unpaired) electrons. The standard InChI is InChI=1S/C26H29N3O3/c1-15(2)14-19-20-21(24(31)29(23(20)30)13-12-17-9-5-4-6-10-17)26(28-19)18-11-7-8-16(3)22(18)27-25(26)32/h4-11,15,19-21,28H,12-14H2,1-3H3,(H,27,32). The summed E-state index contributed by atoms with van der Waals surface area (Å²) in [7, 11) is 0. The summed E-state index contributed by atoms with van der Waals surface area (Å²) in [6.45, 7) is 6.48. The molecular formula is C26H29N3O3. The smallest absolute Gasteiger partial charge is 0.250 e. The van der Waals surface area contributed by atoms with Crippen LogP contribution in [0.5, 0.6) is 0 Å². The Bertz CT molecular complexity index is 1100. The van der Waals surface area contributed by atoms with Gasteiger partial charge in [-0.15, -0.1) is 0 Å². The zero-order valence-corrected chi connectivity index (χ0v) is 18.7. The second-order valence-corrected chi connectivity index (χ2v) is 9.71. The molecule has 3 heterocycles. The predicted octanol–water partition coefficient (Wildman–Crippen LogP) is 3.00. The molecule has 3 amide bonds. The summed E-state index contributed by atoms with van der Waals surface area (Å²) in [5, 5.41) is 6.52. The minimum Gasteiger partial charge on any atom is -0.324 e. The number of amides is 3. The number of imide groups is 1. The van der Waals surface area contributed by atoms with E-state index in [4.69, 9.17) is 0 Å². The van der Waals surface area contributed by atoms with Crippen molar-refractivity contribution in [2.24, 2.45) is 17.8 Å². The van der Waals surface area contributed by atoms with Gasteiger partial charge in [0.15, 0.2) is 0 Å². The summed E-state index contributed by atoms with van der Waals surface area (Å²) >= 11 is 0. The highest BCUT2D eigenvalue weighted by Crippen LogP contribution is 2.54. The van der Waals surface area contributed by atoms with E-state index in [1.807, 2.05) is 55.5 Å². The molecule has 166 valence electrons. The van der Waals surface area contributed by atoms with Crippen LogP contribution in [0.1, 0.15) is 37.0 Å². The van der Waals surface area contributed by atoms with Crippen molar-refractivity contribution >= 4 is 23.4 Å². The fraction of sp³-hybridized carbons (Fsp3) is 0.423. The number of hydrogen-bond donors (Lipinski definition) is 2. The molecule has 1 spiro atoms. The first-order chi connectivity index (χ1) is 15.3. The lowest BCUT2D eigenvalue weighted by molar-refractivity contribution is -0.142. The highest BCUT2D eigenvalue weighted by molar-refractivity contribution is 6.15. The summed E-state index contributed by atoms with van der Waals surface area (Å²) in [5.74, 6) is -1.55. The fourth-order valence-corrected chi connectivity index (χ4v) is 5.85. The molecule has 2 aromatic rings. The number of anilines is 1. The average Bonchev–Trinajstić information content (AvgIpc) is 3.33. The lowest BCUT2D eigenvalue weighted by atomic mass is 9.76. The molecule has 2 saturated heterocycles. The molecule has 6 nitrogen and oxygen atoms in total. The van der Waals surface area contributed by atoms with Crippen molar-refractivity contribution < 1.29 is 14.4 Å². The van der Waals surface area contributed by atoms with Crippen LogP contribution in [0.3, 0.4) is 0 Å². The van der Waals surface area contributed by atoms with Crippen molar-refractivity contribution in [1.29, 1.82) is 0 Å². The fourth-order valence-electron chi connectivity index (χ4n) is 5.85. The molecule has 5 rings (SSSR count). The molecule has 2 N–H and O–H groups in total. The third-order valence-electron chi connectivity index (χ3n) is 7.24. The van der Waals surface area contributed by atoms with Crippen molar-refractivity contribution in [2.75, 3.05) is 11.9 Å². The second kappa shape index (κ2) is 7.55. The first kappa shape index (κ1) is 20.9. The van der Waals surface area contributed by atoms with Gasteiger partial charge in [-0.2, -0.15) is 0 Å². The van der Waals surface area contributed by atoms with E-state index in [1.165, 1.54) is 4.90 Å². The van der Waals surface area contributed by atoms with Crippen LogP contribution in [0.15, 0.2) is 48.5 Å². The molecule has 32 heavy (non-hydrogen) atoms. The number of rotatable bonds is 5. The minimum absolute atomic E-state index is 0.153. The van der Waals surface area contributed by atoms with E-state index >= 15 is 0 Å². The number of hydrogen-bond acceptors (Lipinski definition) is 4. The van der Waals surface area contributed by atoms with E-state index < -0.39 is 17.4 Å². The monoisotopic (exact) mass is 431 g/mol. The number of carbonyl (C=O) groups excluding carboxylic acids is 3. The molecule has 4 atom stereocenters. The predicted molar refractivity (Wildman–Crippen MR) is 122 cm³/mol. The molecule has 0 aromatic heterocycles. The number of carbonyl (C=O) groups is 3. The van der Waals surface area contributed by atoms with E-state index in [-0.39, 0.29) is 23.8 Å². The molecule has 6 heteroatoms. The summed E-state index contributed by atoms with van der Waals surface area (Å²) < 4.78 is 0. The van der Waals surface area contributed by atoms with Gasteiger partial charge in [-0.1, -0.05) is 62.4 Å². The van der Waals surface area contributed by atoms with Crippen LogP contribution in [0.25, 0.3) is 0 Å². The maximum Gasteiger partial charge on any atom is 0.250 e. The molecule has 3 aliphatic rings. The summed E-state index contributed by atoms with van der Waals surface area (Å²) in [6.07, 6.45) is 1.33. The molecule has 3 aliphatic heterocycles. The van der Waals surface area contributed by atoms with Crippen LogP contribution in [0.4, 0.5) is 5.69 Å². The number of benzene rings is 2. The molecule has 0 aliphatic carbocycles. The zero-order chi connectivity index (χ0) is 22.6. The van der Waals surface area contributed by atoms with Gasteiger partial charge in [0, 0.05) is 23.8 Å². The molecule has 4 unspecified atom stereocenters. The highest BCUT2D eigenvalue weighted by atomic mass is 16.2. The van der Waals surface area contributed by atoms with Gasteiger partial charge in [0.25, 0.3) is 0 Å². The largest absolute Gasteiger partial charge is 0.324 e. The van der Waals surface area contributed by atoms with Crippen LogP contribution in [-0.4, -0.2) is 35.2 Å². The van der Waals surface area contributed by atoms with Crippen molar-refractivity contribution in [2.45, 2.75) is 45.2 Å². The van der Waals surface area contributed by atoms with Gasteiger partial charge in [-0.25, -0.2) is 0 Å². The Kier molecular flexibility index (Phi) is 4.93. The molecule has 0 saturated carbocycles. The summed E-state index contributed by atoms with van der Waals surface area (Å²) in [4.78, 5) is 42.2. The van der Waals surface area contributed by atoms with Gasteiger partial charge in [0.1, 0.15) is 5.54 Å². The van der Waals surface area contributed by atoms with E-state index in [0.717, 1.165) is 28.8 Å². The van der Waals surface area contributed by atoms with Crippen LogP contribution in [-0.2, 0) is 26.3 Å². The molecule has 2 aromatic carbocycles. The maximum absolute atomic E-state index is 13.7. The Balaban J connectivity index is 1.55. The zero-order valence-electron chi connectivity index (χ0n) is 18.7. The average molecular weight is 432 g/mol. The van der Waals surface area contributed by atoms with Gasteiger partial charge in [-0.3, -0.25) is 24.6 Å². The molecule has 2 fully saturated rings. The van der Waals surface area contributed by atoms with Gasteiger partial charge >= 0.3 is 0 Å². The Morgan fingerprint density at radius 2 is 1.75 bits per heavy atom. The molecule has 0 bridgehead atoms. The first-order valence-corrected chi connectivity index (χ1v) is 11.4. The van der Waals surface area contributed by atoms with Crippen LogP contribution in [0, 0.1) is 24.7 Å². The quantitative estimate of drug-likeness (QED) is 0.714. The van der Waals surface area contributed by atoms with Gasteiger partial charge in [0.2, 0.25) is 17.7 Å². The number of aryl methyl sites for hydroxylation is 1. The van der Waals surface area contributed by atoms with E-state index in [1.54, 1.807) is 0 Å². The third kappa shape index (κ3) is 2.93. The van der Waals surface area contributed by atoms with Gasteiger partial charge in [-0.05, 0) is 36.8 Å². The van der Waals surface area contributed by atoms with Gasteiger partial charge < -0.3 is 5.32 Å². The number of para-hydroxylation sites is 1. The van der Waals surface area contributed by atoms with Crippen LogP contribution in [0.2, 0.25) is 0 Å². The summed E-state index contributed by atoms with van der Waals surface area (Å²) in [6, 6.07) is 15.4. The SMILES string of the molecule is Cc1cccc2c1NC(=O)C21NC(CC(C)C)C2C(=O)N(CCc3ccccc3)C(=O)C21. The van der Waals surface area contributed by atoms with E-state index in [0.29, 0.717) is 18.9 Å². The highest BCUT2D eigenvalue weighted by Gasteiger charge is 2.70. The van der Waals surface area contributed by atoms with Crippen molar-refractivity contribution in [3.05, 3.63) is 65.2 Å². The number of fused-ring (bicyclic) bond motifs is 4. The number of nitrogens with zero attached hydrogens (tertiary/aromatic N) is 1. The van der Waals surface area contributed by atoms with Crippen LogP contribution >= 0.6 is 0 Å². The minimum atomic E-state index is -1.19. The van der Waals surface area contributed by atoms with Crippen LogP contribution < -0.4 is 10.6 Å². The van der Waals surface area contributed by atoms with Crippen molar-refractivity contribution in [3.63, 3.8) is 0 Å². The van der Waals surface area contributed by atoms with Crippen molar-refractivity contribution in [3.8, 4) is 0 Å². The van der Waals surface area contributed by atoms with E-state index in [2.05, 4.69) is 24.5 Å². The van der Waals surface area contributed by atoms with Gasteiger partial charge in [0.05, 0.1) is 11.8 Å². The summed E-state index contributed by atoms with van der Waals surface area (Å²) in [5.41, 5.74) is 2.39. The molecular weight excluding hydrogens is 402 g/mol. The van der Waals surface area contributed by atoms with Crippen molar-refractivity contribution in [1.82, 2.24) is 10.2 Å². The normalized spacial score (nSPS) is 28.6. The Labute approximate surface area is 188 Å².